The van der Waals surface area contributed by atoms with Gasteiger partial charge in [-0.1, -0.05) is 17.3 Å². The van der Waals surface area contributed by atoms with Crippen molar-refractivity contribution in [3.05, 3.63) is 52.9 Å². The first-order valence-electron chi connectivity index (χ1n) is 7.56. The number of anilines is 1. The highest BCUT2D eigenvalue weighted by Gasteiger charge is 2.35. The Kier molecular flexibility index (Phi) is 3.65. The van der Waals surface area contributed by atoms with E-state index in [1.165, 1.54) is 23.5 Å². The second-order valence-electron chi connectivity index (χ2n) is 5.77. The second-order valence-corrected chi connectivity index (χ2v) is 6.72. The quantitative estimate of drug-likeness (QED) is 0.726. The molecule has 0 aliphatic carbocycles. The monoisotopic (exact) mass is 343 g/mol. The van der Waals surface area contributed by atoms with Gasteiger partial charge in [0.1, 0.15) is 5.82 Å². The first kappa shape index (κ1) is 15.0. The molecule has 0 radical (unpaired) electrons. The number of halogens is 1. The van der Waals surface area contributed by atoms with Gasteiger partial charge in [-0.3, -0.25) is 4.79 Å². The lowest BCUT2D eigenvalue weighted by Crippen LogP contribution is -2.25. The second kappa shape index (κ2) is 5.83. The van der Waals surface area contributed by atoms with Crippen molar-refractivity contribution in [2.45, 2.75) is 19.3 Å². The minimum atomic E-state index is -0.355. The molecule has 0 bridgehead atoms. The van der Waals surface area contributed by atoms with E-state index in [2.05, 4.69) is 10.1 Å². The Hall–Kier alpha value is -2.54. The van der Waals surface area contributed by atoms with E-state index in [-0.39, 0.29) is 17.6 Å². The molecule has 0 N–H and O–H groups in total. The van der Waals surface area contributed by atoms with Crippen LogP contribution in [0.3, 0.4) is 0 Å². The standard InChI is InChI=1S/C17H14FN3O2S/c1-10-4-5-12(18)8-13(10)21-9-11(7-15(21)22)16-19-17(23-20-16)14-3-2-6-24-14/h2-6,8,11H,7,9H2,1H3. The summed E-state index contributed by atoms with van der Waals surface area (Å²) in [5, 5.41) is 5.96. The molecule has 1 aliphatic heterocycles. The predicted molar refractivity (Wildman–Crippen MR) is 88.5 cm³/mol. The molecule has 122 valence electrons. The SMILES string of the molecule is Cc1ccc(F)cc1N1CC(c2noc(-c3cccs3)n2)CC1=O. The van der Waals surface area contributed by atoms with Gasteiger partial charge in [-0.15, -0.1) is 11.3 Å². The van der Waals surface area contributed by atoms with Gasteiger partial charge >= 0.3 is 0 Å². The van der Waals surface area contributed by atoms with E-state index in [0.717, 1.165) is 10.4 Å². The van der Waals surface area contributed by atoms with Gasteiger partial charge in [-0.25, -0.2) is 4.39 Å². The van der Waals surface area contributed by atoms with Crippen molar-refractivity contribution in [2.24, 2.45) is 0 Å². The van der Waals surface area contributed by atoms with Gasteiger partial charge in [0.05, 0.1) is 4.88 Å². The molecule has 0 saturated carbocycles. The fraction of sp³-hybridized carbons (Fsp3) is 0.235. The van der Waals surface area contributed by atoms with Crippen LogP contribution in [0.4, 0.5) is 10.1 Å². The highest BCUT2D eigenvalue weighted by molar-refractivity contribution is 7.13. The largest absolute Gasteiger partial charge is 0.333 e. The third-order valence-corrected chi connectivity index (χ3v) is 4.98. The van der Waals surface area contributed by atoms with Gasteiger partial charge in [0, 0.05) is 24.6 Å². The molecule has 1 saturated heterocycles. The molecule has 3 heterocycles. The fourth-order valence-corrected chi connectivity index (χ4v) is 3.53. The first-order valence-corrected chi connectivity index (χ1v) is 8.44. The van der Waals surface area contributed by atoms with E-state index in [1.54, 1.807) is 11.0 Å². The lowest BCUT2D eigenvalue weighted by molar-refractivity contribution is -0.117. The van der Waals surface area contributed by atoms with Crippen LogP contribution in [0.5, 0.6) is 0 Å². The number of benzene rings is 1. The molecule has 1 fully saturated rings. The summed E-state index contributed by atoms with van der Waals surface area (Å²) >= 11 is 1.52. The molecule has 7 heteroatoms. The van der Waals surface area contributed by atoms with E-state index in [0.29, 0.717) is 30.4 Å². The number of carbonyl (C=O) groups excluding carboxylic acids is 1. The number of hydrogen-bond acceptors (Lipinski definition) is 5. The minimum Gasteiger partial charge on any atom is -0.333 e. The molecule has 1 atom stereocenters. The van der Waals surface area contributed by atoms with Crippen LogP contribution in [-0.4, -0.2) is 22.6 Å². The van der Waals surface area contributed by atoms with Crippen molar-refractivity contribution >= 4 is 22.9 Å². The number of carbonyl (C=O) groups is 1. The van der Waals surface area contributed by atoms with Crippen LogP contribution in [0.1, 0.15) is 23.7 Å². The summed E-state index contributed by atoms with van der Waals surface area (Å²) < 4.78 is 18.8. The molecule has 0 spiro atoms. The molecular formula is C17H14FN3O2S. The summed E-state index contributed by atoms with van der Waals surface area (Å²) in [7, 11) is 0. The smallest absolute Gasteiger partial charge is 0.267 e. The molecule has 1 aromatic carbocycles. The maximum absolute atomic E-state index is 13.5. The van der Waals surface area contributed by atoms with Crippen LogP contribution in [0.25, 0.3) is 10.8 Å². The maximum atomic E-state index is 13.5. The Balaban J connectivity index is 1.59. The van der Waals surface area contributed by atoms with E-state index in [1.807, 2.05) is 24.4 Å². The zero-order valence-electron chi connectivity index (χ0n) is 12.9. The highest BCUT2D eigenvalue weighted by Crippen LogP contribution is 2.33. The van der Waals surface area contributed by atoms with Crippen molar-refractivity contribution in [3.63, 3.8) is 0 Å². The maximum Gasteiger partial charge on any atom is 0.267 e. The van der Waals surface area contributed by atoms with Crippen LogP contribution < -0.4 is 4.90 Å². The third-order valence-electron chi connectivity index (χ3n) is 4.13. The summed E-state index contributed by atoms with van der Waals surface area (Å²) in [5.74, 6) is 0.413. The van der Waals surface area contributed by atoms with Crippen LogP contribution in [-0.2, 0) is 4.79 Å². The van der Waals surface area contributed by atoms with Gasteiger partial charge in [-0.2, -0.15) is 4.98 Å². The van der Waals surface area contributed by atoms with Crippen molar-refractivity contribution in [3.8, 4) is 10.8 Å². The Morgan fingerprint density at radius 3 is 3.04 bits per heavy atom. The number of amides is 1. The molecule has 24 heavy (non-hydrogen) atoms. The highest BCUT2D eigenvalue weighted by atomic mass is 32.1. The summed E-state index contributed by atoms with van der Waals surface area (Å²) in [4.78, 5) is 19.3. The first-order chi connectivity index (χ1) is 11.6. The Morgan fingerprint density at radius 1 is 1.38 bits per heavy atom. The van der Waals surface area contributed by atoms with E-state index in [4.69, 9.17) is 4.52 Å². The Bertz CT molecular complexity index is 891. The van der Waals surface area contributed by atoms with Crippen molar-refractivity contribution in [1.82, 2.24) is 10.1 Å². The van der Waals surface area contributed by atoms with Gasteiger partial charge in [-0.05, 0) is 36.1 Å². The lowest BCUT2D eigenvalue weighted by Gasteiger charge is -2.18. The molecule has 1 amide bonds. The number of hydrogen-bond donors (Lipinski definition) is 0. The molecule has 3 aromatic rings. The molecule has 5 nitrogen and oxygen atoms in total. The average Bonchev–Trinajstić information content (AvgIpc) is 3.28. The number of aryl methyl sites for hydroxylation is 1. The van der Waals surface area contributed by atoms with Crippen molar-refractivity contribution in [2.75, 3.05) is 11.4 Å². The third kappa shape index (κ3) is 2.60. The Labute approximate surface area is 141 Å². The van der Waals surface area contributed by atoms with Crippen LogP contribution in [0.2, 0.25) is 0 Å². The van der Waals surface area contributed by atoms with Crippen molar-refractivity contribution < 1.29 is 13.7 Å². The fourth-order valence-electron chi connectivity index (χ4n) is 2.89. The van der Waals surface area contributed by atoms with Gasteiger partial charge in [0.2, 0.25) is 5.91 Å². The molecule has 1 aliphatic rings. The van der Waals surface area contributed by atoms with Crippen LogP contribution in [0.15, 0.2) is 40.2 Å². The number of thiophene rings is 1. The number of aromatic nitrogens is 2. The van der Waals surface area contributed by atoms with Crippen LogP contribution in [0, 0.1) is 12.7 Å². The number of nitrogens with zero attached hydrogens (tertiary/aromatic N) is 3. The summed E-state index contributed by atoms with van der Waals surface area (Å²) in [5.41, 5.74) is 1.46. The van der Waals surface area contributed by atoms with Crippen LogP contribution >= 0.6 is 11.3 Å². The molecule has 4 rings (SSSR count). The summed E-state index contributed by atoms with van der Waals surface area (Å²) in [6.45, 7) is 2.28. The van der Waals surface area contributed by atoms with Crippen molar-refractivity contribution in [1.29, 1.82) is 0 Å². The summed E-state index contributed by atoms with van der Waals surface area (Å²) in [6, 6.07) is 8.28. The van der Waals surface area contributed by atoms with Gasteiger partial charge < -0.3 is 9.42 Å². The molecular weight excluding hydrogens is 329 g/mol. The average molecular weight is 343 g/mol. The zero-order valence-corrected chi connectivity index (χ0v) is 13.7. The van der Waals surface area contributed by atoms with Gasteiger partial charge in [0.15, 0.2) is 5.82 Å². The molecule has 1 unspecified atom stereocenters. The Morgan fingerprint density at radius 2 is 2.25 bits per heavy atom. The van der Waals surface area contributed by atoms with E-state index < -0.39 is 0 Å². The zero-order chi connectivity index (χ0) is 16.7. The lowest BCUT2D eigenvalue weighted by atomic mass is 10.1. The summed E-state index contributed by atoms with van der Waals surface area (Å²) in [6.07, 6.45) is 0.291. The molecule has 2 aromatic heterocycles. The number of rotatable bonds is 3. The topological polar surface area (TPSA) is 59.2 Å². The van der Waals surface area contributed by atoms with E-state index in [9.17, 15) is 9.18 Å². The van der Waals surface area contributed by atoms with E-state index >= 15 is 0 Å². The normalized spacial score (nSPS) is 17.7. The minimum absolute atomic E-state index is 0.0591. The van der Waals surface area contributed by atoms with Gasteiger partial charge in [0.25, 0.3) is 5.89 Å². The predicted octanol–water partition coefficient (Wildman–Crippen LogP) is 3.77.